The van der Waals surface area contributed by atoms with E-state index in [0.29, 0.717) is 30.7 Å². The van der Waals surface area contributed by atoms with Gasteiger partial charge in [0.15, 0.2) is 11.3 Å². The number of ether oxygens (including phenoxy) is 1. The third kappa shape index (κ3) is 5.11. The van der Waals surface area contributed by atoms with Gasteiger partial charge in [-0.3, -0.25) is 9.18 Å². The highest BCUT2D eigenvalue weighted by Gasteiger charge is 2.79. The molecular weight excluding hydrogens is 449 g/mol. The minimum absolute atomic E-state index is 0.00661. The zero-order valence-electron chi connectivity index (χ0n) is 21.7. The first-order valence-electron chi connectivity index (χ1n) is 12.1. The lowest BCUT2D eigenvalue weighted by Crippen LogP contribution is -2.67. The van der Waals surface area contributed by atoms with Gasteiger partial charge in [-0.05, 0) is 51.0 Å². The summed E-state index contributed by atoms with van der Waals surface area (Å²) in [5.41, 5.74) is -2.45. The summed E-state index contributed by atoms with van der Waals surface area (Å²) in [7, 11) is 0.500. The van der Waals surface area contributed by atoms with Crippen molar-refractivity contribution in [1.82, 2.24) is 0 Å². The molecule has 4 rings (SSSR count). The Hall–Kier alpha value is -0.790. The summed E-state index contributed by atoms with van der Waals surface area (Å²) in [4.78, 5) is 8.67. The number of fused-ring (bicyclic) bond motifs is 2. The van der Waals surface area contributed by atoms with Gasteiger partial charge in [0.05, 0.1) is 19.4 Å². The van der Waals surface area contributed by atoms with E-state index in [1.807, 2.05) is 34.6 Å². The maximum atomic E-state index is 16.6. The van der Waals surface area contributed by atoms with Gasteiger partial charge in [-0.25, -0.2) is 8.78 Å². The highest BCUT2D eigenvalue weighted by molar-refractivity contribution is 7.94. The second kappa shape index (κ2) is 13.3. The van der Waals surface area contributed by atoms with Crippen LogP contribution in [-0.2, 0) is 9.53 Å². The molecule has 3 saturated carbocycles. The average molecular weight is 495 g/mol. The number of hydrogen-bond donors (Lipinski definition) is 2. The van der Waals surface area contributed by atoms with Gasteiger partial charge in [-0.15, -0.1) is 12.6 Å². The summed E-state index contributed by atoms with van der Waals surface area (Å²) in [6.45, 7) is 15.5. The number of hydrogen-bond acceptors (Lipinski definition) is 3. The predicted octanol–water partition coefficient (Wildman–Crippen LogP) is 6.88. The Morgan fingerprint density at radius 1 is 1.12 bits per heavy atom. The first-order valence-corrected chi connectivity index (χ1v) is 12.6. The number of epoxide rings is 1. The summed E-state index contributed by atoms with van der Waals surface area (Å²) in [5.74, 6) is -0.137. The quantitative estimate of drug-likeness (QED) is 0.181. The Balaban J connectivity index is 0.00000101. The molecule has 0 aromatic heterocycles. The number of halogens is 3. The fraction of sp³-hybridized carbons (Fsp3) is 0.808. The summed E-state index contributed by atoms with van der Waals surface area (Å²) in [6, 6.07) is 0. The first-order chi connectivity index (χ1) is 15.7. The summed E-state index contributed by atoms with van der Waals surface area (Å²) in [5, 5.41) is 10.9. The molecule has 4 unspecified atom stereocenters. The van der Waals surface area contributed by atoms with Crippen LogP contribution in [0, 0.1) is 23.2 Å². The van der Waals surface area contributed by atoms with Crippen LogP contribution in [0.3, 0.4) is 0 Å². The monoisotopic (exact) mass is 494 g/mol. The Kier molecular flexibility index (Phi) is 13.0. The number of aliphatic hydroxyl groups is 1. The second-order valence-electron chi connectivity index (χ2n) is 8.66. The van der Waals surface area contributed by atoms with Crippen molar-refractivity contribution in [3.05, 3.63) is 23.8 Å². The minimum atomic E-state index is -1.85. The molecule has 3 aliphatic carbocycles. The fourth-order valence-electron chi connectivity index (χ4n) is 6.63. The van der Waals surface area contributed by atoms with Crippen molar-refractivity contribution in [3.63, 3.8) is 0 Å². The van der Waals surface area contributed by atoms with Gasteiger partial charge in [0, 0.05) is 17.8 Å². The van der Waals surface area contributed by atoms with Crippen LogP contribution in [0.15, 0.2) is 23.8 Å². The van der Waals surface area contributed by atoms with Crippen LogP contribution < -0.4 is 0 Å². The van der Waals surface area contributed by atoms with Gasteiger partial charge < -0.3 is 9.84 Å². The standard InChI is InChI=1S/C20H28F2O2.2C2H6.CH3F.CH2OS/c1-5-7-18(4)12(6-2)15(21)9-14-13-8-11(3)17-19(13,24-17)10-16(23)20(14,18)22;3*1-2;2-1-3/h5-7,11,13-17,23H,8-10H2,1-4H3;2*1-2H3;1H3;1H,(H,2,3)/b7-5-,12-6-;;;;/t11-,13+,14?,15+,16?,17-,18?,19?,20+;;;;/m1..../s1. The summed E-state index contributed by atoms with van der Waals surface area (Å²) < 4.78 is 47.1. The smallest absolute Gasteiger partial charge is 0.173 e. The van der Waals surface area contributed by atoms with E-state index in [0.717, 1.165) is 6.42 Å². The third-order valence-electron chi connectivity index (χ3n) is 7.57. The number of rotatable bonds is 1. The Morgan fingerprint density at radius 2 is 1.64 bits per heavy atom. The lowest BCUT2D eigenvalue weighted by molar-refractivity contribution is -0.186. The summed E-state index contributed by atoms with van der Waals surface area (Å²) in [6.07, 6.45) is 4.42. The number of thiol groups is 1. The number of alkyl halides is 3. The van der Waals surface area contributed by atoms with E-state index in [1.54, 1.807) is 32.1 Å². The first kappa shape index (κ1) is 32.2. The molecule has 0 aromatic carbocycles. The lowest BCUT2D eigenvalue weighted by Gasteiger charge is -2.59. The van der Waals surface area contributed by atoms with Crippen LogP contribution in [0.1, 0.15) is 74.7 Å². The normalized spacial score (nSPS) is 45.2. The Morgan fingerprint density at radius 3 is 2.06 bits per heavy atom. The molecule has 4 fully saturated rings. The third-order valence-corrected chi connectivity index (χ3v) is 7.57. The van der Waals surface area contributed by atoms with Crippen molar-refractivity contribution in [3.8, 4) is 0 Å². The van der Waals surface area contributed by atoms with E-state index in [1.165, 1.54) is 0 Å². The topological polar surface area (TPSA) is 49.8 Å². The SMILES string of the molecule is C/C=C\C1(C)/C(=C\C)[C@@H](F)CC2[C@@H]3C[C@@H](C)[C@H]4OC43CC(O)[C@@]21F.CC.CC.CF.O=CS. The molecular formula is C26H45F3O3S. The molecule has 7 heteroatoms. The van der Waals surface area contributed by atoms with Crippen molar-refractivity contribution in [2.75, 3.05) is 7.18 Å². The molecule has 1 saturated heterocycles. The highest BCUT2D eigenvalue weighted by atomic mass is 32.1. The molecule has 4 aliphatic rings. The molecule has 1 aliphatic heterocycles. The molecule has 1 N–H and O–H groups in total. The van der Waals surface area contributed by atoms with Crippen LogP contribution in [-0.4, -0.2) is 47.6 Å². The molecule has 194 valence electrons. The van der Waals surface area contributed by atoms with Gasteiger partial charge in [-0.2, -0.15) is 0 Å². The highest BCUT2D eigenvalue weighted by Crippen LogP contribution is 2.71. The Labute approximate surface area is 204 Å². The van der Waals surface area contributed by atoms with E-state index >= 15 is 8.78 Å². The van der Waals surface area contributed by atoms with E-state index in [9.17, 15) is 9.50 Å². The molecule has 1 spiro atoms. The van der Waals surface area contributed by atoms with Gasteiger partial charge >= 0.3 is 0 Å². The van der Waals surface area contributed by atoms with Crippen molar-refractivity contribution < 1.29 is 27.8 Å². The molecule has 33 heavy (non-hydrogen) atoms. The molecule has 0 bridgehead atoms. The maximum Gasteiger partial charge on any atom is 0.173 e. The number of allylic oxidation sites excluding steroid dienone is 4. The minimum Gasteiger partial charge on any atom is -0.390 e. The van der Waals surface area contributed by atoms with Crippen LogP contribution in [0.4, 0.5) is 13.2 Å². The van der Waals surface area contributed by atoms with E-state index in [2.05, 4.69) is 19.6 Å². The predicted molar refractivity (Wildman–Crippen MR) is 134 cm³/mol. The fourth-order valence-corrected chi connectivity index (χ4v) is 6.63. The summed E-state index contributed by atoms with van der Waals surface area (Å²) >= 11 is 3.11. The van der Waals surface area contributed by atoms with Crippen LogP contribution >= 0.6 is 12.6 Å². The van der Waals surface area contributed by atoms with Gasteiger partial charge in [0.2, 0.25) is 0 Å². The molecule has 9 atom stereocenters. The van der Waals surface area contributed by atoms with Gasteiger partial charge in [-0.1, -0.05) is 52.8 Å². The zero-order chi connectivity index (χ0) is 26.2. The lowest BCUT2D eigenvalue weighted by atomic mass is 9.48. The van der Waals surface area contributed by atoms with E-state index < -0.39 is 34.9 Å². The van der Waals surface area contributed by atoms with Gasteiger partial charge in [0.25, 0.3) is 0 Å². The van der Waals surface area contributed by atoms with Crippen molar-refractivity contribution >= 4 is 18.2 Å². The second-order valence-corrected chi connectivity index (χ2v) is 8.87. The number of aliphatic hydroxyl groups excluding tert-OH is 1. The largest absolute Gasteiger partial charge is 0.390 e. The maximum absolute atomic E-state index is 16.6. The molecule has 3 nitrogen and oxygen atoms in total. The zero-order valence-corrected chi connectivity index (χ0v) is 22.6. The average Bonchev–Trinajstić information content (AvgIpc) is 3.46. The van der Waals surface area contributed by atoms with E-state index in [-0.39, 0.29) is 18.4 Å². The molecule has 1 heterocycles. The number of carbonyl (C=O) groups is 1. The Bertz CT molecular complexity index is 673. The van der Waals surface area contributed by atoms with Crippen molar-refractivity contribution in [1.29, 1.82) is 0 Å². The van der Waals surface area contributed by atoms with Crippen molar-refractivity contribution in [2.24, 2.45) is 23.2 Å². The molecule has 0 amide bonds. The van der Waals surface area contributed by atoms with Crippen LogP contribution in [0.5, 0.6) is 0 Å². The molecule has 0 radical (unpaired) electrons. The van der Waals surface area contributed by atoms with E-state index in [4.69, 9.17) is 9.53 Å². The van der Waals surface area contributed by atoms with Crippen LogP contribution in [0.2, 0.25) is 0 Å². The van der Waals surface area contributed by atoms with Gasteiger partial charge in [0.1, 0.15) is 11.8 Å². The van der Waals surface area contributed by atoms with Crippen molar-refractivity contribution in [2.45, 2.75) is 104 Å². The number of carbonyl (C=O) groups excluding carboxylic acids is 1. The van der Waals surface area contributed by atoms with Crippen LogP contribution in [0.25, 0.3) is 0 Å². The molecule has 0 aromatic rings.